The predicted molar refractivity (Wildman–Crippen MR) is 56.2 cm³/mol. The first-order chi connectivity index (χ1) is 6.60. The zero-order chi connectivity index (χ0) is 10.2. The summed E-state index contributed by atoms with van der Waals surface area (Å²) in [4.78, 5) is 0.511. The Morgan fingerprint density at radius 3 is 2.64 bits per heavy atom. The van der Waals surface area contributed by atoms with Crippen LogP contribution in [0.1, 0.15) is 6.42 Å². The fraction of sp³-hybridized carbons (Fsp3) is 0.333. The van der Waals surface area contributed by atoms with E-state index in [1.165, 1.54) is 0 Å². The molecule has 1 aliphatic heterocycles. The molecule has 0 aliphatic carbocycles. The van der Waals surface area contributed by atoms with Gasteiger partial charge in [-0.15, -0.1) is 0 Å². The molecule has 2 rings (SSSR count). The van der Waals surface area contributed by atoms with Gasteiger partial charge >= 0.3 is 0 Å². The minimum Gasteiger partial charge on any atom is -0.399 e. The number of nitrogens with one attached hydrogen (secondary N) is 1. The Hall–Kier alpha value is -1.07. The van der Waals surface area contributed by atoms with Crippen molar-refractivity contribution < 1.29 is 4.21 Å². The Morgan fingerprint density at radius 2 is 2.14 bits per heavy atom. The van der Waals surface area contributed by atoms with Crippen LogP contribution in [0.3, 0.4) is 0 Å². The maximum absolute atomic E-state index is 12.1. The summed E-state index contributed by atoms with van der Waals surface area (Å²) in [6.07, 6.45) is 1.03. The van der Waals surface area contributed by atoms with Gasteiger partial charge in [-0.2, -0.15) is 0 Å². The first-order valence-corrected chi connectivity index (χ1v) is 6.01. The Balaban J connectivity index is 2.38. The monoisotopic (exact) mass is 211 g/mol. The van der Waals surface area contributed by atoms with Gasteiger partial charge in [-0.1, -0.05) is 6.07 Å². The molecule has 14 heavy (non-hydrogen) atoms. The highest BCUT2D eigenvalue weighted by molar-refractivity contribution is 7.90. The molecule has 0 amide bonds. The lowest BCUT2D eigenvalue weighted by molar-refractivity contribution is 0.323. The summed E-state index contributed by atoms with van der Waals surface area (Å²) in [6, 6.07) is 6.78. The van der Waals surface area contributed by atoms with E-state index in [2.05, 4.69) is 0 Å². The topological polar surface area (TPSA) is 70.2 Å². The minimum atomic E-state index is -2.77. The Bertz CT molecular complexity index is 437. The third-order valence-electron chi connectivity index (χ3n) is 2.36. The fourth-order valence-corrected chi connectivity index (χ4v) is 3.01. The maximum Gasteiger partial charge on any atom is 0.137 e. The molecule has 1 saturated heterocycles. The van der Waals surface area contributed by atoms with Gasteiger partial charge in [0.2, 0.25) is 0 Å². The molecule has 0 aromatic heterocycles. The number of nitrogens with two attached hydrogens (primary N) is 1. The van der Waals surface area contributed by atoms with Crippen LogP contribution in [0, 0.1) is 4.78 Å². The summed E-state index contributed by atoms with van der Waals surface area (Å²) in [7, 11) is -2.77. The van der Waals surface area contributed by atoms with Crippen molar-refractivity contribution in [3.8, 4) is 0 Å². The van der Waals surface area contributed by atoms with Gasteiger partial charge in [-0.05, 0) is 24.6 Å². The van der Waals surface area contributed by atoms with Gasteiger partial charge in [0.25, 0.3) is 0 Å². The van der Waals surface area contributed by atoms with Gasteiger partial charge in [-0.3, -0.25) is 0 Å². The Kier molecular flexibility index (Phi) is 2.20. The quantitative estimate of drug-likeness (QED) is 0.724. The van der Waals surface area contributed by atoms with Crippen LogP contribution >= 0.6 is 0 Å². The molecule has 4 nitrogen and oxygen atoms in total. The normalized spacial score (nSPS) is 21.1. The molecule has 1 aromatic rings. The van der Waals surface area contributed by atoms with Crippen LogP contribution in [-0.4, -0.2) is 21.6 Å². The number of rotatable bonds is 2. The van der Waals surface area contributed by atoms with E-state index >= 15 is 0 Å². The lowest BCUT2D eigenvalue weighted by Gasteiger charge is -2.32. The van der Waals surface area contributed by atoms with E-state index in [4.69, 9.17) is 10.5 Å². The van der Waals surface area contributed by atoms with Crippen molar-refractivity contribution in [2.45, 2.75) is 11.3 Å². The van der Waals surface area contributed by atoms with E-state index in [9.17, 15) is 4.21 Å². The molecule has 3 N–H and O–H groups in total. The molecular formula is C9H13N3OS. The zero-order valence-corrected chi connectivity index (χ0v) is 8.59. The van der Waals surface area contributed by atoms with Gasteiger partial charge in [0, 0.05) is 18.8 Å². The second kappa shape index (κ2) is 3.25. The number of nitrogen functional groups attached to an aromatic ring is 1. The van der Waals surface area contributed by atoms with E-state index in [1.54, 1.807) is 28.6 Å². The molecule has 1 unspecified atom stereocenters. The van der Waals surface area contributed by atoms with Crippen molar-refractivity contribution in [2.75, 3.05) is 18.8 Å². The smallest absolute Gasteiger partial charge is 0.137 e. The lowest BCUT2D eigenvalue weighted by atomic mass is 10.3. The second-order valence-electron chi connectivity index (χ2n) is 3.38. The standard InChI is InChI=1S/C9H13N3OS/c10-8-3-1-4-9(7-8)14(11,13)12-5-2-6-12/h1,3-4,7,11H,2,5-6,10H2. The molecule has 1 atom stereocenters. The van der Waals surface area contributed by atoms with Crippen molar-refractivity contribution in [2.24, 2.45) is 0 Å². The largest absolute Gasteiger partial charge is 0.399 e. The number of benzene rings is 1. The van der Waals surface area contributed by atoms with Crippen LogP contribution in [0.15, 0.2) is 29.2 Å². The third kappa shape index (κ3) is 1.49. The molecule has 1 heterocycles. The van der Waals surface area contributed by atoms with Crippen molar-refractivity contribution in [3.63, 3.8) is 0 Å². The highest BCUT2D eigenvalue weighted by Crippen LogP contribution is 2.22. The lowest BCUT2D eigenvalue weighted by Crippen LogP contribution is -2.41. The second-order valence-corrected chi connectivity index (χ2v) is 5.42. The molecule has 0 bridgehead atoms. The molecule has 1 fully saturated rings. The summed E-state index contributed by atoms with van der Waals surface area (Å²) >= 11 is 0. The van der Waals surface area contributed by atoms with Crippen molar-refractivity contribution in [3.05, 3.63) is 24.3 Å². The third-order valence-corrected chi connectivity index (χ3v) is 4.34. The number of anilines is 1. The summed E-state index contributed by atoms with van der Waals surface area (Å²) in [5, 5.41) is 0. The SMILES string of the molecule is N=S(=O)(c1cccc(N)c1)N1CCC1. The highest BCUT2D eigenvalue weighted by atomic mass is 32.2. The molecule has 76 valence electrons. The van der Waals surface area contributed by atoms with Gasteiger partial charge in [-0.25, -0.2) is 13.3 Å². The highest BCUT2D eigenvalue weighted by Gasteiger charge is 2.25. The summed E-state index contributed by atoms with van der Waals surface area (Å²) < 4.78 is 21.6. The van der Waals surface area contributed by atoms with Crippen molar-refractivity contribution >= 4 is 15.6 Å². The van der Waals surface area contributed by atoms with E-state index in [1.807, 2.05) is 0 Å². The van der Waals surface area contributed by atoms with Crippen LogP contribution < -0.4 is 5.73 Å². The molecule has 0 saturated carbocycles. The van der Waals surface area contributed by atoms with Gasteiger partial charge in [0.1, 0.15) is 9.92 Å². The van der Waals surface area contributed by atoms with Crippen LogP contribution in [0.25, 0.3) is 0 Å². The molecule has 5 heteroatoms. The number of hydrogen-bond acceptors (Lipinski definition) is 3. The average molecular weight is 211 g/mol. The summed E-state index contributed by atoms with van der Waals surface area (Å²) in [5.74, 6) is 0. The average Bonchev–Trinajstić information content (AvgIpc) is 2.00. The minimum absolute atomic E-state index is 0.511. The Morgan fingerprint density at radius 1 is 1.43 bits per heavy atom. The molecule has 1 aliphatic rings. The van der Waals surface area contributed by atoms with Gasteiger partial charge in [0.05, 0.1) is 4.90 Å². The molecule has 0 radical (unpaired) electrons. The molecule has 0 spiro atoms. The van der Waals surface area contributed by atoms with Crippen LogP contribution in [-0.2, 0) is 9.92 Å². The van der Waals surface area contributed by atoms with E-state index in [-0.39, 0.29) is 0 Å². The predicted octanol–water partition coefficient (Wildman–Crippen LogP) is 1.30. The van der Waals surface area contributed by atoms with Gasteiger partial charge < -0.3 is 5.73 Å². The van der Waals surface area contributed by atoms with Crippen LogP contribution in [0.4, 0.5) is 5.69 Å². The van der Waals surface area contributed by atoms with E-state index < -0.39 is 9.92 Å². The first-order valence-electron chi connectivity index (χ1n) is 4.50. The van der Waals surface area contributed by atoms with Crippen LogP contribution in [0.2, 0.25) is 0 Å². The maximum atomic E-state index is 12.1. The Labute approximate surface area is 83.8 Å². The van der Waals surface area contributed by atoms with Crippen molar-refractivity contribution in [1.82, 2.24) is 4.31 Å². The summed E-state index contributed by atoms with van der Waals surface area (Å²) in [5.41, 5.74) is 6.15. The number of nitrogens with zero attached hydrogens (tertiary/aromatic N) is 1. The summed E-state index contributed by atoms with van der Waals surface area (Å²) in [6.45, 7) is 1.49. The van der Waals surface area contributed by atoms with Crippen molar-refractivity contribution in [1.29, 1.82) is 4.78 Å². The first kappa shape index (κ1) is 9.48. The van der Waals surface area contributed by atoms with E-state index in [0.29, 0.717) is 10.6 Å². The number of hydrogen-bond donors (Lipinski definition) is 2. The zero-order valence-electron chi connectivity index (χ0n) is 7.77. The fourth-order valence-electron chi connectivity index (χ4n) is 1.38. The van der Waals surface area contributed by atoms with Gasteiger partial charge in [0.15, 0.2) is 0 Å². The molecule has 1 aromatic carbocycles. The molecular weight excluding hydrogens is 198 g/mol. The van der Waals surface area contributed by atoms with E-state index in [0.717, 1.165) is 19.5 Å². The van der Waals surface area contributed by atoms with Crippen LogP contribution in [0.5, 0.6) is 0 Å².